The van der Waals surface area contributed by atoms with Crippen LogP contribution in [0.2, 0.25) is 0 Å². The van der Waals surface area contributed by atoms with Crippen LogP contribution in [0.15, 0.2) is 12.1 Å². The Hall–Kier alpha value is -2.25. The Morgan fingerprint density at radius 3 is 2.35 bits per heavy atom. The van der Waals surface area contributed by atoms with E-state index in [0.29, 0.717) is 0 Å². The highest BCUT2D eigenvalue weighted by molar-refractivity contribution is 5.82. The molecule has 0 aliphatic carbocycles. The first kappa shape index (κ1) is 15.8. The van der Waals surface area contributed by atoms with Crippen molar-refractivity contribution in [2.75, 3.05) is 18.5 Å². The van der Waals surface area contributed by atoms with Crippen LogP contribution in [0.5, 0.6) is 17.2 Å². The molecule has 20 heavy (non-hydrogen) atoms. The van der Waals surface area contributed by atoms with E-state index in [-0.39, 0.29) is 36.1 Å². The SMILES string of the molecule is CCOc1cc(NC(=O)[O-])cc(OC(F)F)c1OCC. The smallest absolute Gasteiger partial charge is 0.387 e. The van der Waals surface area contributed by atoms with Crippen molar-refractivity contribution in [1.82, 2.24) is 0 Å². The van der Waals surface area contributed by atoms with E-state index in [1.165, 1.54) is 6.07 Å². The lowest BCUT2D eigenvalue weighted by molar-refractivity contribution is -0.242. The van der Waals surface area contributed by atoms with Crippen molar-refractivity contribution in [2.45, 2.75) is 20.5 Å². The van der Waals surface area contributed by atoms with Crippen LogP contribution in [-0.2, 0) is 0 Å². The fraction of sp³-hybridized carbons (Fsp3) is 0.417. The lowest BCUT2D eigenvalue weighted by Crippen LogP contribution is -2.28. The monoisotopic (exact) mass is 290 g/mol. The Kier molecular flexibility index (Phi) is 5.82. The first-order valence-electron chi connectivity index (χ1n) is 5.84. The van der Waals surface area contributed by atoms with Gasteiger partial charge in [0.15, 0.2) is 11.5 Å². The van der Waals surface area contributed by atoms with Crippen molar-refractivity contribution in [3.63, 3.8) is 0 Å². The second-order valence-electron chi connectivity index (χ2n) is 3.46. The van der Waals surface area contributed by atoms with Gasteiger partial charge in [-0.05, 0) is 13.8 Å². The van der Waals surface area contributed by atoms with Gasteiger partial charge in [0.1, 0.15) is 6.09 Å². The summed E-state index contributed by atoms with van der Waals surface area (Å²) in [4.78, 5) is 10.5. The number of amides is 1. The maximum Gasteiger partial charge on any atom is 0.387 e. The molecule has 0 heterocycles. The highest BCUT2D eigenvalue weighted by Crippen LogP contribution is 2.41. The molecule has 0 radical (unpaired) electrons. The summed E-state index contributed by atoms with van der Waals surface area (Å²) in [6.07, 6.45) is -1.58. The van der Waals surface area contributed by atoms with Gasteiger partial charge in [-0.25, -0.2) is 0 Å². The molecule has 1 rings (SSSR count). The van der Waals surface area contributed by atoms with Crippen molar-refractivity contribution < 1.29 is 32.9 Å². The van der Waals surface area contributed by atoms with E-state index in [4.69, 9.17) is 9.47 Å². The maximum atomic E-state index is 12.4. The van der Waals surface area contributed by atoms with Crippen LogP contribution in [0.1, 0.15) is 13.8 Å². The molecule has 0 unspecified atom stereocenters. The van der Waals surface area contributed by atoms with Gasteiger partial charge in [-0.1, -0.05) is 0 Å². The molecule has 0 spiro atoms. The first-order chi connectivity index (χ1) is 9.47. The number of rotatable bonds is 7. The number of alkyl halides is 2. The average molecular weight is 290 g/mol. The number of carbonyl (C=O) groups is 1. The molecule has 112 valence electrons. The van der Waals surface area contributed by atoms with E-state index in [0.717, 1.165) is 6.07 Å². The second kappa shape index (κ2) is 7.37. The van der Waals surface area contributed by atoms with Gasteiger partial charge in [-0.2, -0.15) is 8.78 Å². The number of benzene rings is 1. The van der Waals surface area contributed by atoms with E-state index in [2.05, 4.69) is 4.74 Å². The zero-order chi connectivity index (χ0) is 15.1. The molecule has 0 fully saturated rings. The van der Waals surface area contributed by atoms with Crippen LogP contribution >= 0.6 is 0 Å². The van der Waals surface area contributed by atoms with Gasteiger partial charge in [0.05, 0.1) is 13.2 Å². The molecule has 0 saturated heterocycles. The average Bonchev–Trinajstić information content (AvgIpc) is 2.32. The zero-order valence-electron chi connectivity index (χ0n) is 10.9. The molecular weight excluding hydrogens is 276 g/mol. The first-order valence-corrected chi connectivity index (χ1v) is 5.84. The molecule has 0 saturated carbocycles. The maximum absolute atomic E-state index is 12.4. The number of carbonyl (C=O) groups excluding carboxylic acids is 1. The van der Waals surface area contributed by atoms with E-state index in [1.807, 2.05) is 5.32 Å². The summed E-state index contributed by atoms with van der Waals surface area (Å²) in [6.45, 7) is 0.703. The van der Waals surface area contributed by atoms with Gasteiger partial charge >= 0.3 is 6.61 Å². The summed E-state index contributed by atoms with van der Waals surface area (Å²) in [5.41, 5.74) is -0.0208. The summed E-state index contributed by atoms with van der Waals surface area (Å²) < 4.78 is 39.5. The predicted molar refractivity (Wildman–Crippen MR) is 64.4 cm³/mol. The van der Waals surface area contributed by atoms with Crippen molar-refractivity contribution in [2.24, 2.45) is 0 Å². The van der Waals surface area contributed by atoms with Gasteiger partial charge in [0.2, 0.25) is 5.75 Å². The normalized spacial score (nSPS) is 10.2. The van der Waals surface area contributed by atoms with Gasteiger partial charge in [-0.3, -0.25) is 0 Å². The molecule has 0 aliphatic rings. The van der Waals surface area contributed by atoms with Crippen LogP contribution < -0.4 is 24.6 Å². The Morgan fingerprint density at radius 2 is 1.85 bits per heavy atom. The summed E-state index contributed by atoms with van der Waals surface area (Å²) in [5.74, 6) is -0.244. The number of ether oxygens (including phenoxy) is 3. The Balaban J connectivity index is 3.25. The highest BCUT2D eigenvalue weighted by atomic mass is 19.3. The van der Waals surface area contributed by atoms with Crippen LogP contribution in [0.25, 0.3) is 0 Å². The van der Waals surface area contributed by atoms with Gasteiger partial charge < -0.3 is 29.4 Å². The summed E-state index contributed by atoms with van der Waals surface area (Å²) in [7, 11) is 0. The summed E-state index contributed by atoms with van der Waals surface area (Å²) in [6, 6.07) is 2.36. The van der Waals surface area contributed by atoms with Gasteiger partial charge in [0, 0.05) is 17.8 Å². The molecule has 0 aromatic heterocycles. The molecule has 0 bridgehead atoms. The third-order valence-electron chi connectivity index (χ3n) is 2.07. The highest BCUT2D eigenvalue weighted by Gasteiger charge is 2.18. The van der Waals surface area contributed by atoms with Crippen LogP contribution in [0.4, 0.5) is 19.3 Å². The Labute approximate surface area is 114 Å². The minimum absolute atomic E-state index is 0.0152. The minimum atomic E-state index is -3.08. The molecule has 0 atom stereocenters. The lowest BCUT2D eigenvalue weighted by Gasteiger charge is -2.18. The molecule has 1 aromatic carbocycles. The summed E-state index contributed by atoms with van der Waals surface area (Å²) in [5, 5.41) is 12.4. The third kappa shape index (κ3) is 4.45. The Bertz CT molecular complexity index is 467. The number of nitrogens with one attached hydrogen (secondary N) is 1. The summed E-state index contributed by atoms with van der Waals surface area (Å²) >= 11 is 0. The van der Waals surface area contributed by atoms with Crippen molar-refractivity contribution in [3.8, 4) is 17.2 Å². The van der Waals surface area contributed by atoms with Crippen molar-refractivity contribution >= 4 is 11.8 Å². The van der Waals surface area contributed by atoms with E-state index < -0.39 is 12.7 Å². The fourth-order valence-electron chi connectivity index (χ4n) is 1.50. The van der Waals surface area contributed by atoms with Crippen molar-refractivity contribution in [1.29, 1.82) is 0 Å². The molecule has 1 aromatic rings. The second-order valence-corrected chi connectivity index (χ2v) is 3.46. The molecule has 1 N–H and O–H groups in total. The van der Waals surface area contributed by atoms with E-state index >= 15 is 0 Å². The van der Waals surface area contributed by atoms with E-state index in [9.17, 15) is 18.7 Å². The third-order valence-corrected chi connectivity index (χ3v) is 2.07. The zero-order valence-corrected chi connectivity index (χ0v) is 10.9. The number of anilines is 1. The largest absolute Gasteiger partial charge is 0.530 e. The lowest BCUT2D eigenvalue weighted by atomic mass is 10.2. The molecule has 6 nitrogen and oxygen atoms in total. The quantitative estimate of drug-likeness (QED) is 0.828. The van der Waals surface area contributed by atoms with Crippen molar-refractivity contribution in [3.05, 3.63) is 12.1 Å². The molecular formula is C12H14F2NO5-. The van der Waals surface area contributed by atoms with Gasteiger partial charge in [-0.15, -0.1) is 0 Å². The van der Waals surface area contributed by atoms with Crippen LogP contribution in [-0.4, -0.2) is 25.9 Å². The number of halogens is 2. The number of hydrogen-bond donors (Lipinski definition) is 1. The molecule has 1 amide bonds. The predicted octanol–water partition coefficient (Wildman–Crippen LogP) is 1.84. The molecule has 0 aliphatic heterocycles. The van der Waals surface area contributed by atoms with Crippen LogP contribution in [0.3, 0.4) is 0 Å². The Morgan fingerprint density at radius 1 is 1.25 bits per heavy atom. The van der Waals surface area contributed by atoms with E-state index in [1.54, 1.807) is 13.8 Å². The molecule has 8 heteroatoms. The van der Waals surface area contributed by atoms with Crippen LogP contribution in [0, 0.1) is 0 Å². The minimum Gasteiger partial charge on any atom is -0.530 e. The standard InChI is InChI=1S/C12H15F2NO5/c1-3-18-8-5-7(15-12(16)17)6-9(20-11(13)14)10(8)19-4-2/h5-6,11,15H,3-4H2,1-2H3,(H,16,17)/p-1. The number of hydrogen-bond acceptors (Lipinski definition) is 5. The topological polar surface area (TPSA) is 79.9 Å². The number of carboxylic acid groups (broad SMARTS) is 1. The fourth-order valence-corrected chi connectivity index (χ4v) is 1.50. The van der Waals surface area contributed by atoms with Gasteiger partial charge in [0.25, 0.3) is 0 Å².